The van der Waals surface area contributed by atoms with E-state index in [9.17, 15) is 18.0 Å². The van der Waals surface area contributed by atoms with Crippen molar-refractivity contribution >= 4 is 5.91 Å². The van der Waals surface area contributed by atoms with E-state index in [2.05, 4.69) is 0 Å². The third-order valence-electron chi connectivity index (χ3n) is 3.02. The monoisotopic (exact) mass is 249 g/mol. The summed E-state index contributed by atoms with van der Waals surface area (Å²) in [6.07, 6.45) is -1.17. The van der Waals surface area contributed by atoms with Gasteiger partial charge in [0, 0.05) is 18.7 Å². The smallest absolute Gasteiger partial charge is 0.338 e. The molecule has 0 aliphatic carbocycles. The molecule has 0 spiro atoms. The van der Waals surface area contributed by atoms with Crippen LogP contribution in [0.15, 0.2) is 11.6 Å². The highest BCUT2D eigenvalue weighted by atomic mass is 19.4. The second-order valence-electron chi connectivity index (χ2n) is 4.43. The maximum Gasteiger partial charge on any atom is 0.393 e. The number of nitrogens with zero attached hydrogens (tertiary/aromatic N) is 1. The third kappa shape index (κ3) is 3.75. The van der Waals surface area contributed by atoms with E-state index in [1.54, 1.807) is 13.0 Å². The van der Waals surface area contributed by atoms with Crippen LogP contribution in [0, 0.1) is 5.92 Å². The summed E-state index contributed by atoms with van der Waals surface area (Å²) in [5.74, 6) is -1.63. The highest BCUT2D eigenvalue weighted by molar-refractivity contribution is 5.92. The van der Waals surface area contributed by atoms with Gasteiger partial charge in [-0.05, 0) is 26.2 Å². The van der Waals surface area contributed by atoms with E-state index in [0.717, 1.165) is 0 Å². The van der Waals surface area contributed by atoms with Gasteiger partial charge >= 0.3 is 6.18 Å². The Kier molecular flexibility index (Phi) is 4.60. The first kappa shape index (κ1) is 14.1. The van der Waals surface area contributed by atoms with Crippen molar-refractivity contribution < 1.29 is 18.0 Å². The standard InChI is InChI=1S/C12H18F3NO/c1-3-5-9(2)11(17)16-7-4-6-10(8-16)12(13,14)15/h5,10H,3-4,6-8H2,1-2H3/b9-5-/t10-/m0/s1. The van der Waals surface area contributed by atoms with Crippen LogP contribution in [0.5, 0.6) is 0 Å². The molecule has 0 unspecified atom stereocenters. The summed E-state index contributed by atoms with van der Waals surface area (Å²) < 4.78 is 37.7. The summed E-state index contributed by atoms with van der Waals surface area (Å²) in [6, 6.07) is 0. The minimum atomic E-state index is -4.19. The second kappa shape index (κ2) is 5.56. The molecule has 1 amide bonds. The molecule has 5 heteroatoms. The average molecular weight is 249 g/mol. The van der Waals surface area contributed by atoms with Crippen LogP contribution >= 0.6 is 0 Å². The van der Waals surface area contributed by atoms with Crippen molar-refractivity contribution in [2.45, 2.75) is 39.3 Å². The predicted octanol–water partition coefficient (Wildman–Crippen LogP) is 3.14. The molecular weight excluding hydrogens is 231 g/mol. The fourth-order valence-electron chi connectivity index (χ4n) is 2.07. The van der Waals surface area contributed by atoms with Gasteiger partial charge in [0.25, 0.3) is 0 Å². The minimum Gasteiger partial charge on any atom is -0.338 e. The van der Waals surface area contributed by atoms with Crippen molar-refractivity contribution in [3.63, 3.8) is 0 Å². The van der Waals surface area contributed by atoms with E-state index < -0.39 is 12.1 Å². The van der Waals surface area contributed by atoms with Crippen LogP contribution in [0.3, 0.4) is 0 Å². The highest BCUT2D eigenvalue weighted by Crippen LogP contribution is 2.33. The highest BCUT2D eigenvalue weighted by Gasteiger charge is 2.42. The van der Waals surface area contributed by atoms with E-state index in [1.165, 1.54) is 4.90 Å². The predicted molar refractivity (Wildman–Crippen MR) is 59.4 cm³/mol. The van der Waals surface area contributed by atoms with Crippen LogP contribution in [-0.2, 0) is 4.79 Å². The van der Waals surface area contributed by atoms with Crippen LogP contribution in [0.25, 0.3) is 0 Å². The fraction of sp³-hybridized carbons (Fsp3) is 0.750. The van der Waals surface area contributed by atoms with Crippen LogP contribution in [-0.4, -0.2) is 30.1 Å². The lowest BCUT2D eigenvalue weighted by atomic mass is 9.97. The number of carbonyl (C=O) groups is 1. The molecule has 17 heavy (non-hydrogen) atoms. The lowest BCUT2D eigenvalue weighted by Crippen LogP contribution is -2.44. The van der Waals surface area contributed by atoms with Crippen molar-refractivity contribution in [2.75, 3.05) is 13.1 Å². The molecule has 1 atom stereocenters. The molecule has 1 saturated heterocycles. The number of piperidine rings is 1. The number of hydrogen-bond acceptors (Lipinski definition) is 1. The number of carbonyl (C=O) groups excluding carboxylic acids is 1. The molecule has 1 rings (SSSR count). The zero-order chi connectivity index (χ0) is 13.1. The van der Waals surface area contributed by atoms with Gasteiger partial charge in [-0.2, -0.15) is 13.2 Å². The number of rotatable bonds is 2. The lowest BCUT2D eigenvalue weighted by Gasteiger charge is -2.34. The van der Waals surface area contributed by atoms with Gasteiger partial charge in [0.1, 0.15) is 0 Å². The molecule has 0 bridgehead atoms. The second-order valence-corrected chi connectivity index (χ2v) is 4.43. The van der Waals surface area contributed by atoms with E-state index in [-0.39, 0.29) is 18.9 Å². The van der Waals surface area contributed by atoms with Gasteiger partial charge in [-0.15, -0.1) is 0 Å². The Morgan fingerprint density at radius 3 is 2.65 bits per heavy atom. The Bertz CT molecular complexity index is 309. The number of alkyl halides is 3. The van der Waals surface area contributed by atoms with Gasteiger partial charge in [0.2, 0.25) is 5.91 Å². The summed E-state index contributed by atoms with van der Waals surface area (Å²) in [7, 11) is 0. The van der Waals surface area contributed by atoms with Crippen LogP contribution in [0.1, 0.15) is 33.1 Å². The number of likely N-dealkylation sites (tertiary alicyclic amines) is 1. The molecule has 1 aliphatic heterocycles. The van der Waals surface area contributed by atoms with Crippen molar-refractivity contribution in [2.24, 2.45) is 5.92 Å². The minimum absolute atomic E-state index is 0.129. The summed E-state index contributed by atoms with van der Waals surface area (Å²) in [5, 5.41) is 0. The van der Waals surface area contributed by atoms with Gasteiger partial charge < -0.3 is 4.90 Å². The summed E-state index contributed by atoms with van der Waals surface area (Å²) in [6.45, 7) is 3.78. The van der Waals surface area contributed by atoms with Crippen LogP contribution in [0.4, 0.5) is 13.2 Å². The Hall–Kier alpha value is -1.00. The first-order chi connectivity index (χ1) is 7.86. The summed E-state index contributed by atoms with van der Waals surface area (Å²) in [5.41, 5.74) is 0.537. The Morgan fingerprint density at radius 1 is 1.47 bits per heavy atom. The average Bonchev–Trinajstić information content (AvgIpc) is 2.27. The quantitative estimate of drug-likeness (QED) is 0.688. The zero-order valence-corrected chi connectivity index (χ0v) is 10.2. The van der Waals surface area contributed by atoms with Crippen LogP contribution < -0.4 is 0 Å². The first-order valence-electron chi connectivity index (χ1n) is 5.89. The summed E-state index contributed by atoms with van der Waals surface area (Å²) >= 11 is 0. The molecule has 1 fully saturated rings. The van der Waals surface area contributed by atoms with Crippen molar-refractivity contribution in [1.82, 2.24) is 4.90 Å². The number of amides is 1. The van der Waals surface area contributed by atoms with Gasteiger partial charge in [0.15, 0.2) is 0 Å². The molecule has 1 heterocycles. The van der Waals surface area contributed by atoms with Gasteiger partial charge in [-0.1, -0.05) is 13.0 Å². The number of hydrogen-bond donors (Lipinski definition) is 0. The van der Waals surface area contributed by atoms with E-state index in [4.69, 9.17) is 0 Å². The molecular formula is C12H18F3NO. The largest absolute Gasteiger partial charge is 0.393 e. The molecule has 0 aromatic heterocycles. The molecule has 98 valence electrons. The molecule has 1 aliphatic rings. The summed E-state index contributed by atoms with van der Waals surface area (Å²) in [4.78, 5) is 13.2. The Morgan fingerprint density at radius 2 is 2.12 bits per heavy atom. The SMILES string of the molecule is CC/C=C(/C)C(=O)N1CCC[C@H](C(F)(F)F)C1. The molecule has 0 N–H and O–H groups in total. The number of allylic oxidation sites excluding steroid dienone is 1. The molecule has 0 saturated carbocycles. The topological polar surface area (TPSA) is 20.3 Å². The van der Waals surface area contributed by atoms with Gasteiger partial charge in [-0.3, -0.25) is 4.79 Å². The number of halogens is 3. The maximum absolute atomic E-state index is 12.6. The Balaban J connectivity index is 2.67. The Labute approximate surface area is 99.5 Å². The zero-order valence-electron chi connectivity index (χ0n) is 10.2. The maximum atomic E-state index is 12.6. The lowest BCUT2D eigenvalue weighted by molar-refractivity contribution is -0.187. The van der Waals surface area contributed by atoms with Gasteiger partial charge in [-0.25, -0.2) is 0 Å². The third-order valence-corrected chi connectivity index (χ3v) is 3.02. The van der Waals surface area contributed by atoms with Gasteiger partial charge in [0.05, 0.1) is 5.92 Å². The normalized spacial score (nSPS) is 22.8. The molecule has 0 aromatic carbocycles. The molecule has 2 nitrogen and oxygen atoms in total. The van der Waals surface area contributed by atoms with E-state index >= 15 is 0 Å². The first-order valence-corrected chi connectivity index (χ1v) is 5.89. The van der Waals surface area contributed by atoms with Crippen molar-refractivity contribution in [3.05, 3.63) is 11.6 Å². The van der Waals surface area contributed by atoms with E-state index in [1.807, 2.05) is 6.92 Å². The molecule has 0 radical (unpaired) electrons. The van der Waals surface area contributed by atoms with Crippen molar-refractivity contribution in [3.8, 4) is 0 Å². The molecule has 0 aromatic rings. The fourth-order valence-corrected chi connectivity index (χ4v) is 2.07. The van der Waals surface area contributed by atoms with E-state index in [0.29, 0.717) is 25.0 Å². The van der Waals surface area contributed by atoms with Crippen LogP contribution in [0.2, 0.25) is 0 Å². The van der Waals surface area contributed by atoms with Crippen molar-refractivity contribution in [1.29, 1.82) is 0 Å².